The molecule has 1 atom stereocenters. The summed E-state index contributed by atoms with van der Waals surface area (Å²) in [5.41, 5.74) is 2.59. The molecule has 8 heteroatoms. The molecule has 0 spiro atoms. The lowest BCUT2D eigenvalue weighted by Gasteiger charge is -2.33. The molecule has 2 aromatic carbocycles. The van der Waals surface area contributed by atoms with Gasteiger partial charge in [-0.25, -0.2) is 0 Å². The van der Waals surface area contributed by atoms with Crippen LogP contribution in [0.25, 0.3) is 0 Å². The van der Waals surface area contributed by atoms with Crippen LogP contribution >= 0.6 is 0 Å². The van der Waals surface area contributed by atoms with Gasteiger partial charge in [0.05, 0.1) is 14.2 Å². The highest BCUT2D eigenvalue weighted by molar-refractivity contribution is 5.94. The first-order valence-electron chi connectivity index (χ1n) is 11.4. The predicted molar refractivity (Wildman–Crippen MR) is 129 cm³/mol. The Morgan fingerprint density at radius 1 is 1.00 bits per heavy atom. The minimum atomic E-state index is -0.735. The monoisotopic (exact) mass is 467 g/mol. The van der Waals surface area contributed by atoms with Crippen molar-refractivity contribution in [2.45, 2.75) is 45.2 Å². The van der Waals surface area contributed by atoms with Crippen molar-refractivity contribution in [2.75, 3.05) is 27.3 Å². The number of ether oxygens (including phenoxy) is 2. The van der Waals surface area contributed by atoms with Gasteiger partial charge in [0, 0.05) is 44.1 Å². The summed E-state index contributed by atoms with van der Waals surface area (Å²) >= 11 is 0. The first kappa shape index (κ1) is 25.1. The Morgan fingerprint density at radius 2 is 1.59 bits per heavy atom. The molecule has 0 radical (unpaired) electrons. The number of hydrogen-bond acceptors (Lipinski definition) is 5. The van der Waals surface area contributed by atoms with Crippen molar-refractivity contribution in [1.29, 1.82) is 0 Å². The molecule has 182 valence electrons. The van der Waals surface area contributed by atoms with Crippen LogP contribution in [0.5, 0.6) is 11.5 Å². The van der Waals surface area contributed by atoms with Gasteiger partial charge in [-0.3, -0.25) is 14.4 Å². The van der Waals surface area contributed by atoms with E-state index in [9.17, 15) is 14.4 Å². The van der Waals surface area contributed by atoms with E-state index in [2.05, 4.69) is 10.6 Å². The Kier molecular flexibility index (Phi) is 8.51. The molecule has 1 saturated heterocycles. The average molecular weight is 468 g/mol. The van der Waals surface area contributed by atoms with E-state index in [1.165, 1.54) is 6.92 Å². The maximum Gasteiger partial charge on any atom is 0.253 e. The molecule has 2 N–H and O–H groups in total. The minimum absolute atomic E-state index is 0.00729. The first-order chi connectivity index (χ1) is 16.3. The third-order valence-electron chi connectivity index (χ3n) is 5.97. The number of likely N-dealkylation sites (tertiary alicyclic amines) is 1. The average Bonchev–Trinajstić information content (AvgIpc) is 2.83. The van der Waals surface area contributed by atoms with Crippen LogP contribution in [0.3, 0.4) is 0 Å². The number of nitrogens with one attached hydrogen (secondary N) is 2. The Labute approximate surface area is 200 Å². The van der Waals surface area contributed by atoms with Crippen molar-refractivity contribution in [2.24, 2.45) is 0 Å². The number of carbonyl (C=O) groups excluding carboxylic acids is 3. The second kappa shape index (κ2) is 11.5. The molecule has 2 aromatic rings. The van der Waals surface area contributed by atoms with Gasteiger partial charge in [0.25, 0.3) is 5.91 Å². The Morgan fingerprint density at radius 3 is 2.12 bits per heavy atom. The summed E-state index contributed by atoms with van der Waals surface area (Å²) in [7, 11) is 3.12. The topological polar surface area (TPSA) is 97.0 Å². The number of carbonyl (C=O) groups is 3. The van der Waals surface area contributed by atoms with Gasteiger partial charge in [-0.1, -0.05) is 17.7 Å². The summed E-state index contributed by atoms with van der Waals surface area (Å²) in [5, 5.41) is 5.80. The van der Waals surface area contributed by atoms with Gasteiger partial charge < -0.3 is 25.0 Å². The molecule has 3 rings (SSSR count). The van der Waals surface area contributed by atoms with E-state index in [0.29, 0.717) is 49.4 Å². The summed E-state index contributed by atoms with van der Waals surface area (Å²) in [6.07, 6.45) is 1.61. The molecule has 0 aliphatic carbocycles. The van der Waals surface area contributed by atoms with Gasteiger partial charge >= 0.3 is 0 Å². The summed E-state index contributed by atoms with van der Waals surface area (Å²) in [6.45, 7) is 4.51. The number of methoxy groups -OCH3 is 2. The van der Waals surface area contributed by atoms with Gasteiger partial charge in [-0.2, -0.15) is 0 Å². The van der Waals surface area contributed by atoms with Gasteiger partial charge in [-0.15, -0.1) is 0 Å². The zero-order valence-corrected chi connectivity index (χ0v) is 20.2. The van der Waals surface area contributed by atoms with Gasteiger partial charge in [-0.05, 0) is 49.6 Å². The van der Waals surface area contributed by atoms with Crippen LogP contribution in [-0.4, -0.2) is 62.0 Å². The molecule has 3 amide bonds. The van der Waals surface area contributed by atoms with E-state index in [4.69, 9.17) is 9.47 Å². The molecular weight excluding hydrogens is 434 g/mol. The predicted octanol–water partition coefficient (Wildman–Crippen LogP) is 2.48. The third-order valence-corrected chi connectivity index (χ3v) is 5.97. The van der Waals surface area contributed by atoms with Crippen molar-refractivity contribution in [1.82, 2.24) is 15.5 Å². The van der Waals surface area contributed by atoms with E-state index >= 15 is 0 Å². The lowest BCUT2D eigenvalue weighted by molar-refractivity contribution is -0.128. The van der Waals surface area contributed by atoms with Crippen LogP contribution in [-0.2, 0) is 16.0 Å². The second-order valence-electron chi connectivity index (χ2n) is 8.62. The van der Waals surface area contributed by atoms with Crippen molar-refractivity contribution in [3.63, 3.8) is 0 Å². The van der Waals surface area contributed by atoms with Gasteiger partial charge in [0.2, 0.25) is 11.8 Å². The summed E-state index contributed by atoms with van der Waals surface area (Å²) in [5.74, 6) is 0.700. The van der Waals surface area contributed by atoms with E-state index in [1.807, 2.05) is 48.2 Å². The van der Waals surface area contributed by atoms with E-state index < -0.39 is 6.04 Å². The highest BCUT2D eigenvalue weighted by Crippen LogP contribution is 2.23. The number of hydrogen-bond donors (Lipinski definition) is 2. The molecule has 0 bridgehead atoms. The fraction of sp³-hybridized carbons (Fsp3) is 0.423. The van der Waals surface area contributed by atoms with Gasteiger partial charge in [0.1, 0.15) is 17.5 Å². The van der Waals surface area contributed by atoms with Gasteiger partial charge in [0.15, 0.2) is 0 Å². The van der Waals surface area contributed by atoms with Crippen molar-refractivity contribution < 1.29 is 23.9 Å². The maximum atomic E-state index is 13.1. The van der Waals surface area contributed by atoms with Crippen LogP contribution in [0.15, 0.2) is 42.5 Å². The fourth-order valence-electron chi connectivity index (χ4n) is 4.08. The quantitative estimate of drug-likeness (QED) is 0.622. The second-order valence-corrected chi connectivity index (χ2v) is 8.62. The van der Waals surface area contributed by atoms with E-state index in [-0.39, 0.29) is 23.8 Å². The Balaban J connectivity index is 1.60. The highest BCUT2D eigenvalue weighted by Gasteiger charge is 2.27. The number of rotatable bonds is 8. The zero-order chi connectivity index (χ0) is 24.7. The van der Waals surface area contributed by atoms with Crippen LogP contribution in [0.4, 0.5) is 0 Å². The third kappa shape index (κ3) is 6.73. The highest BCUT2D eigenvalue weighted by atomic mass is 16.5. The van der Waals surface area contributed by atoms with Crippen LogP contribution in [0, 0.1) is 6.92 Å². The number of benzene rings is 2. The Bertz CT molecular complexity index is 991. The molecule has 0 saturated carbocycles. The number of aryl methyl sites for hydroxylation is 1. The molecule has 0 aromatic heterocycles. The largest absolute Gasteiger partial charge is 0.497 e. The summed E-state index contributed by atoms with van der Waals surface area (Å²) in [4.78, 5) is 39.4. The first-order valence-corrected chi connectivity index (χ1v) is 11.4. The van der Waals surface area contributed by atoms with E-state index in [0.717, 1.165) is 11.1 Å². The molecule has 1 aliphatic heterocycles. The summed E-state index contributed by atoms with van der Waals surface area (Å²) < 4.78 is 10.6. The van der Waals surface area contributed by atoms with Crippen molar-refractivity contribution >= 4 is 17.7 Å². The van der Waals surface area contributed by atoms with Crippen LogP contribution < -0.4 is 20.1 Å². The smallest absolute Gasteiger partial charge is 0.253 e. The standard InChI is InChI=1S/C26H33N3O5/c1-17-5-7-20(8-6-17)26(32)29-11-9-21(10-12-29)28-25(31)24(27-18(2)30)15-19-13-22(33-3)16-23(14-19)34-4/h5-8,13-14,16,21,24H,9-12,15H2,1-4H3,(H,27,30)(H,28,31)/t24-/m1/s1. The number of amides is 3. The zero-order valence-electron chi connectivity index (χ0n) is 20.2. The molecule has 0 unspecified atom stereocenters. The fourth-order valence-corrected chi connectivity index (χ4v) is 4.08. The Hall–Kier alpha value is -3.55. The SMILES string of the molecule is COc1cc(C[C@@H](NC(C)=O)C(=O)NC2CCN(C(=O)c3ccc(C)cc3)CC2)cc(OC)c1. The lowest BCUT2D eigenvalue weighted by atomic mass is 10.0. The molecular formula is C26H33N3O5. The molecule has 1 aliphatic rings. The molecule has 34 heavy (non-hydrogen) atoms. The molecule has 1 heterocycles. The minimum Gasteiger partial charge on any atom is -0.497 e. The maximum absolute atomic E-state index is 13.1. The van der Waals surface area contributed by atoms with Crippen molar-refractivity contribution in [3.8, 4) is 11.5 Å². The molecule has 1 fully saturated rings. The van der Waals surface area contributed by atoms with E-state index in [1.54, 1.807) is 20.3 Å². The number of nitrogens with zero attached hydrogens (tertiary/aromatic N) is 1. The lowest BCUT2D eigenvalue weighted by Crippen LogP contribution is -2.53. The van der Waals surface area contributed by atoms with Crippen LogP contribution in [0.2, 0.25) is 0 Å². The van der Waals surface area contributed by atoms with Crippen molar-refractivity contribution in [3.05, 3.63) is 59.2 Å². The summed E-state index contributed by atoms with van der Waals surface area (Å²) in [6, 6.07) is 12.1. The molecule has 8 nitrogen and oxygen atoms in total. The van der Waals surface area contributed by atoms with Crippen LogP contribution in [0.1, 0.15) is 41.3 Å². The number of piperidine rings is 1. The normalized spacial score (nSPS) is 14.8.